The van der Waals surface area contributed by atoms with Gasteiger partial charge in [-0.2, -0.15) is 5.10 Å². The SMILES string of the molecule is Nc1ccc(F)c(-c2ccn3nccc(Oc4ccc(NC(=O)C5(C(=O)Nc6ccc(F)cc6)CC5)cc4F)c23)c1. The number of fused-ring (bicyclic) bond motifs is 1. The number of carbonyl (C=O) groups excluding carboxylic acids is 2. The van der Waals surface area contributed by atoms with E-state index in [2.05, 4.69) is 15.7 Å². The maximum Gasteiger partial charge on any atom is 0.240 e. The van der Waals surface area contributed by atoms with Crippen LogP contribution in [-0.4, -0.2) is 21.4 Å². The molecule has 0 aliphatic heterocycles. The van der Waals surface area contributed by atoms with Gasteiger partial charge in [-0.05, 0) is 73.5 Å². The van der Waals surface area contributed by atoms with E-state index in [1.807, 2.05) is 0 Å². The number of benzene rings is 3. The van der Waals surface area contributed by atoms with E-state index in [1.54, 1.807) is 12.3 Å². The maximum atomic E-state index is 15.2. The van der Waals surface area contributed by atoms with Crippen LogP contribution in [0.2, 0.25) is 0 Å². The molecule has 0 unspecified atom stereocenters. The zero-order valence-corrected chi connectivity index (χ0v) is 21.3. The average molecular weight is 558 g/mol. The van der Waals surface area contributed by atoms with Gasteiger partial charge in [-0.3, -0.25) is 9.59 Å². The summed E-state index contributed by atoms with van der Waals surface area (Å²) in [6.07, 6.45) is 3.72. The van der Waals surface area contributed by atoms with Crippen molar-refractivity contribution >= 4 is 34.4 Å². The summed E-state index contributed by atoms with van der Waals surface area (Å²) in [4.78, 5) is 25.8. The van der Waals surface area contributed by atoms with Gasteiger partial charge in [0.25, 0.3) is 0 Å². The Kier molecular flexibility index (Phi) is 6.33. The van der Waals surface area contributed by atoms with Crippen molar-refractivity contribution in [1.29, 1.82) is 0 Å². The molecule has 0 atom stereocenters. The van der Waals surface area contributed by atoms with Gasteiger partial charge < -0.3 is 21.1 Å². The summed E-state index contributed by atoms with van der Waals surface area (Å²) in [5.74, 6) is -2.76. The van der Waals surface area contributed by atoms with Gasteiger partial charge in [-0.1, -0.05) is 0 Å². The number of nitrogens with two attached hydrogens (primary N) is 1. The highest BCUT2D eigenvalue weighted by molar-refractivity contribution is 6.16. The number of hydrogen-bond donors (Lipinski definition) is 3. The lowest BCUT2D eigenvalue weighted by Gasteiger charge is -2.16. The third-order valence-corrected chi connectivity index (χ3v) is 6.93. The fraction of sp³-hybridized carbons (Fsp3) is 0.100. The Morgan fingerprint density at radius 1 is 0.805 bits per heavy atom. The van der Waals surface area contributed by atoms with Crippen molar-refractivity contribution in [3.63, 3.8) is 0 Å². The van der Waals surface area contributed by atoms with Crippen LogP contribution in [0, 0.1) is 22.9 Å². The van der Waals surface area contributed by atoms with Gasteiger partial charge in [0.2, 0.25) is 11.8 Å². The largest absolute Gasteiger partial charge is 0.452 e. The van der Waals surface area contributed by atoms with Crippen LogP contribution in [0.1, 0.15) is 12.8 Å². The number of nitrogens with one attached hydrogen (secondary N) is 2. The number of carbonyl (C=O) groups is 2. The molecule has 1 aliphatic carbocycles. The molecule has 0 bridgehead atoms. The Labute approximate surface area is 231 Å². The van der Waals surface area contributed by atoms with Crippen molar-refractivity contribution in [3.05, 3.63) is 103 Å². The summed E-state index contributed by atoms with van der Waals surface area (Å²) in [6, 6.07) is 16.4. The summed E-state index contributed by atoms with van der Waals surface area (Å²) >= 11 is 0. The summed E-state index contributed by atoms with van der Waals surface area (Å²) in [5.41, 5.74) is 6.51. The van der Waals surface area contributed by atoms with Crippen LogP contribution < -0.4 is 21.1 Å². The normalized spacial score (nSPS) is 13.5. The first-order valence-electron chi connectivity index (χ1n) is 12.6. The van der Waals surface area contributed by atoms with Crippen LogP contribution in [-0.2, 0) is 9.59 Å². The Hall–Kier alpha value is -5.32. The molecule has 1 saturated carbocycles. The monoisotopic (exact) mass is 557 g/mol. The van der Waals surface area contributed by atoms with Crippen LogP contribution in [0.5, 0.6) is 11.5 Å². The van der Waals surface area contributed by atoms with Gasteiger partial charge in [0.15, 0.2) is 17.3 Å². The van der Waals surface area contributed by atoms with Crippen molar-refractivity contribution in [1.82, 2.24) is 9.61 Å². The molecule has 0 spiro atoms. The number of aromatic nitrogens is 2. The highest BCUT2D eigenvalue weighted by atomic mass is 19.1. The van der Waals surface area contributed by atoms with Crippen LogP contribution >= 0.6 is 0 Å². The van der Waals surface area contributed by atoms with Crippen molar-refractivity contribution in [3.8, 4) is 22.6 Å². The predicted octanol–water partition coefficient (Wildman–Crippen LogP) is 6.15. The Morgan fingerprint density at radius 3 is 2.22 bits per heavy atom. The zero-order chi connectivity index (χ0) is 28.7. The van der Waals surface area contributed by atoms with Crippen molar-refractivity contribution in [2.24, 2.45) is 5.41 Å². The molecule has 0 radical (unpaired) electrons. The number of hydrogen-bond acceptors (Lipinski definition) is 5. The predicted molar refractivity (Wildman–Crippen MR) is 147 cm³/mol. The molecule has 1 aliphatic rings. The number of amides is 2. The lowest BCUT2D eigenvalue weighted by atomic mass is 10.0. The van der Waals surface area contributed by atoms with E-state index in [-0.39, 0.29) is 22.7 Å². The minimum atomic E-state index is -1.30. The molecule has 6 rings (SSSR count). The van der Waals surface area contributed by atoms with E-state index in [9.17, 15) is 18.4 Å². The van der Waals surface area contributed by atoms with E-state index in [0.717, 1.165) is 6.07 Å². The smallest absolute Gasteiger partial charge is 0.240 e. The third-order valence-electron chi connectivity index (χ3n) is 6.93. The van der Waals surface area contributed by atoms with Crippen molar-refractivity contribution in [2.45, 2.75) is 12.8 Å². The van der Waals surface area contributed by atoms with E-state index in [0.29, 0.717) is 35.3 Å². The molecule has 11 heteroatoms. The molecule has 3 aromatic carbocycles. The molecule has 2 aromatic heterocycles. The quantitative estimate of drug-likeness (QED) is 0.164. The lowest BCUT2D eigenvalue weighted by molar-refractivity contribution is -0.131. The average Bonchev–Trinajstić information content (AvgIpc) is 3.66. The molecule has 2 amide bonds. The molecular weight excluding hydrogens is 535 g/mol. The van der Waals surface area contributed by atoms with Crippen molar-refractivity contribution < 1.29 is 27.5 Å². The summed E-state index contributed by atoms with van der Waals surface area (Å²) in [6.45, 7) is 0. The van der Waals surface area contributed by atoms with Gasteiger partial charge >= 0.3 is 0 Å². The van der Waals surface area contributed by atoms with E-state index in [4.69, 9.17) is 10.5 Å². The van der Waals surface area contributed by atoms with Crippen molar-refractivity contribution in [2.75, 3.05) is 16.4 Å². The molecule has 0 saturated heterocycles. The van der Waals surface area contributed by atoms with Gasteiger partial charge in [-0.15, -0.1) is 0 Å². The fourth-order valence-corrected chi connectivity index (χ4v) is 4.56. The molecule has 1 fully saturated rings. The van der Waals surface area contributed by atoms with Gasteiger partial charge in [0.05, 0.1) is 6.20 Å². The zero-order valence-electron chi connectivity index (χ0n) is 21.3. The Balaban J connectivity index is 1.21. The number of anilines is 3. The third kappa shape index (κ3) is 4.93. The standard InChI is InChI=1S/C30H22F3N5O3/c31-17-1-4-19(5-2-17)36-28(39)30(11-12-30)29(40)37-20-6-8-25(24(33)16-20)41-26-9-13-35-38-14-10-21(27(26)38)22-15-18(34)3-7-23(22)32/h1-10,13-16H,11-12,34H2,(H,36,39)(H,37,40). The van der Waals surface area contributed by atoms with Gasteiger partial charge in [0.1, 0.15) is 22.6 Å². The second kappa shape index (κ2) is 10.0. The maximum absolute atomic E-state index is 15.2. The topological polar surface area (TPSA) is 111 Å². The molecule has 2 heterocycles. The van der Waals surface area contributed by atoms with Crippen LogP contribution in [0.3, 0.4) is 0 Å². The molecule has 8 nitrogen and oxygen atoms in total. The number of nitrogen functional groups attached to an aromatic ring is 1. The number of rotatable bonds is 7. The van der Waals surface area contributed by atoms with E-state index < -0.39 is 34.7 Å². The first kappa shape index (κ1) is 25.9. The van der Waals surface area contributed by atoms with Crippen LogP contribution in [0.4, 0.5) is 30.2 Å². The first-order valence-corrected chi connectivity index (χ1v) is 12.6. The molecular formula is C30H22F3N5O3. The van der Waals surface area contributed by atoms with Gasteiger partial charge in [0, 0.05) is 46.5 Å². The second-order valence-corrected chi connectivity index (χ2v) is 9.70. The fourth-order valence-electron chi connectivity index (χ4n) is 4.56. The minimum absolute atomic E-state index is 0.130. The van der Waals surface area contributed by atoms with Crippen LogP contribution in [0.25, 0.3) is 16.6 Å². The van der Waals surface area contributed by atoms with E-state index >= 15 is 4.39 Å². The summed E-state index contributed by atoms with van der Waals surface area (Å²) in [5, 5.41) is 9.44. The Morgan fingerprint density at radius 2 is 1.51 bits per heavy atom. The summed E-state index contributed by atoms with van der Waals surface area (Å²) < 4.78 is 50.3. The number of nitrogens with zero attached hydrogens (tertiary/aromatic N) is 2. The minimum Gasteiger partial charge on any atom is -0.452 e. The Bertz CT molecular complexity index is 1820. The molecule has 206 valence electrons. The first-order chi connectivity index (χ1) is 19.7. The van der Waals surface area contributed by atoms with Crippen LogP contribution in [0.15, 0.2) is 85.2 Å². The lowest BCUT2D eigenvalue weighted by Crippen LogP contribution is -2.35. The summed E-state index contributed by atoms with van der Waals surface area (Å²) in [7, 11) is 0. The second-order valence-electron chi connectivity index (χ2n) is 9.70. The molecule has 5 aromatic rings. The van der Waals surface area contributed by atoms with E-state index in [1.165, 1.54) is 71.4 Å². The number of ether oxygens (including phenoxy) is 1. The highest BCUT2D eigenvalue weighted by Gasteiger charge is 2.56. The van der Waals surface area contributed by atoms with Gasteiger partial charge in [-0.25, -0.2) is 17.7 Å². The molecule has 41 heavy (non-hydrogen) atoms. The number of halogens is 3. The molecule has 4 N–H and O–H groups in total. The highest BCUT2D eigenvalue weighted by Crippen LogP contribution is 2.47.